The fourth-order valence-electron chi connectivity index (χ4n) is 4.43. The number of carbonyl (C=O) groups is 1. The van der Waals surface area contributed by atoms with Crippen LogP contribution in [0.3, 0.4) is 0 Å². The topological polar surface area (TPSA) is 62.6 Å². The zero-order valence-electron chi connectivity index (χ0n) is 18.2. The number of likely N-dealkylation sites (tertiary alicyclic amines) is 1. The number of carbonyl (C=O) groups excluding carboxylic acids is 1. The van der Waals surface area contributed by atoms with Gasteiger partial charge in [0.15, 0.2) is 5.67 Å². The lowest BCUT2D eigenvalue weighted by Crippen LogP contribution is -2.59. The van der Waals surface area contributed by atoms with E-state index in [1.54, 1.807) is 0 Å². The largest absolute Gasteiger partial charge is 0.495 e. The van der Waals surface area contributed by atoms with Crippen LogP contribution in [0.1, 0.15) is 45.5 Å². The van der Waals surface area contributed by atoms with E-state index in [1.165, 1.54) is 19.2 Å². The zero-order valence-corrected chi connectivity index (χ0v) is 18.2. The van der Waals surface area contributed by atoms with Gasteiger partial charge in [0.25, 0.3) is 5.91 Å². The third-order valence-electron chi connectivity index (χ3n) is 6.36. The number of ether oxygens (including phenoxy) is 2. The molecule has 0 spiro atoms. The van der Waals surface area contributed by atoms with Crippen molar-refractivity contribution >= 4 is 5.91 Å². The molecule has 0 radical (unpaired) electrons. The van der Waals surface area contributed by atoms with Crippen molar-refractivity contribution in [3.63, 3.8) is 0 Å². The van der Waals surface area contributed by atoms with E-state index in [1.807, 2.05) is 6.07 Å². The van der Waals surface area contributed by atoms with Gasteiger partial charge in [-0.05, 0) is 23.8 Å². The summed E-state index contributed by atoms with van der Waals surface area (Å²) in [5.41, 5.74) is -4.92. The Bertz CT molecular complexity index is 1130. The number of hydrogen-bond donors (Lipinski definition) is 0. The summed E-state index contributed by atoms with van der Waals surface area (Å²) >= 11 is 0. The SMILES string of the molecule is COc1c(C#N)ccc(C2(F)CCOCC2)c1C(=O)N1CC(F)(c2ccc(C(F)(F)F)cc2)C1. The first-order valence-corrected chi connectivity index (χ1v) is 10.6. The predicted molar refractivity (Wildman–Crippen MR) is 111 cm³/mol. The van der Waals surface area contributed by atoms with Gasteiger partial charge in [-0.1, -0.05) is 18.2 Å². The van der Waals surface area contributed by atoms with Gasteiger partial charge in [0.2, 0.25) is 0 Å². The Balaban J connectivity index is 1.64. The Morgan fingerprint density at radius 2 is 1.68 bits per heavy atom. The molecule has 2 saturated heterocycles. The maximum atomic E-state index is 15.9. The summed E-state index contributed by atoms with van der Waals surface area (Å²) in [6.45, 7) is -0.562. The summed E-state index contributed by atoms with van der Waals surface area (Å²) in [5, 5.41) is 9.43. The lowest BCUT2D eigenvalue weighted by Gasteiger charge is -2.45. The van der Waals surface area contributed by atoms with Gasteiger partial charge in [-0.15, -0.1) is 0 Å². The number of hydrogen-bond acceptors (Lipinski definition) is 4. The van der Waals surface area contributed by atoms with E-state index in [9.17, 15) is 23.2 Å². The van der Waals surface area contributed by atoms with Gasteiger partial charge in [0.1, 0.15) is 17.5 Å². The van der Waals surface area contributed by atoms with E-state index in [2.05, 4.69) is 0 Å². The number of rotatable bonds is 4. The zero-order chi connectivity index (χ0) is 24.7. The van der Waals surface area contributed by atoms with Gasteiger partial charge < -0.3 is 14.4 Å². The van der Waals surface area contributed by atoms with Gasteiger partial charge >= 0.3 is 6.18 Å². The van der Waals surface area contributed by atoms with E-state index < -0.39 is 42.1 Å². The summed E-state index contributed by atoms with van der Waals surface area (Å²) in [4.78, 5) is 14.5. The van der Waals surface area contributed by atoms with E-state index >= 15 is 8.78 Å². The van der Waals surface area contributed by atoms with Gasteiger partial charge in [0.05, 0.1) is 36.9 Å². The van der Waals surface area contributed by atoms with E-state index in [-0.39, 0.29) is 54.1 Å². The smallest absolute Gasteiger partial charge is 0.416 e. The molecule has 0 N–H and O–H groups in total. The minimum Gasteiger partial charge on any atom is -0.495 e. The van der Waals surface area contributed by atoms with Crippen molar-refractivity contribution < 1.29 is 36.2 Å². The highest BCUT2D eigenvalue weighted by Gasteiger charge is 2.49. The van der Waals surface area contributed by atoms with Crippen molar-refractivity contribution in [2.75, 3.05) is 33.4 Å². The minimum atomic E-state index is -4.55. The number of methoxy groups -OCH3 is 1. The molecule has 0 unspecified atom stereocenters. The summed E-state index contributed by atoms with van der Waals surface area (Å²) in [5.74, 6) is -0.813. The molecule has 10 heteroatoms. The number of halogens is 5. The highest BCUT2D eigenvalue weighted by atomic mass is 19.4. The molecule has 1 amide bonds. The lowest BCUT2D eigenvalue weighted by molar-refractivity contribution is -0.137. The van der Waals surface area contributed by atoms with Crippen LogP contribution in [0.4, 0.5) is 22.0 Å². The number of benzene rings is 2. The van der Waals surface area contributed by atoms with Crippen LogP contribution in [0, 0.1) is 11.3 Å². The van der Waals surface area contributed by atoms with Crippen LogP contribution in [0.5, 0.6) is 5.75 Å². The molecule has 0 bridgehead atoms. The number of nitrogens with zero attached hydrogens (tertiary/aromatic N) is 2. The first-order valence-electron chi connectivity index (χ1n) is 10.6. The molecule has 2 aliphatic heterocycles. The average Bonchev–Trinajstić information content (AvgIpc) is 2.80. The Labute approximate surface area is 192 Å². The standard InChI is InChI=1S/C24H21F5N2O3/c1-33-20-15(12-30)2-7-18(22(25)8-10-34-11-9-22)19(20)21(32)31-13-23(26,14-31)16-3-5-17(6-4-16)24(27,28)29/h2-7H,8-11,13-14H2,1H3. The van der Waals surface area contributed by atoms with E-state index in [4.69, 9.17) is 9.47 Å². The molecule has 2 fully saturated rings. The second-order valence-electron chi connectivity index (χ2n) is 8.46. The molecule has 2 aliphatic rings. The molecule has 180 valence electrons. The van der Waals surface area contributed by atoms with Crippen LogP contribution in [0.15, 0.2) is 36.4 Å². The Morgan fingerprint density at radius 3 is 2.21 bits per heavy atom. The normalized spacial score (nSPS) is 19.1. The van der Waals surface area contributed by atoms with E-state index in [0.717, 1.165) is 29.2 Å². The van der Waals surface area contributed by atoms with Gasteiger partial charge in [-0.25, -0.2) is 8.78 Å². The summed E-state index contributed by atoms with van der Waals surface area (Å²) in [6.07, 6.45) is -4.54. The molecular formula is C24H21F5N2O3. The van der Waals surface area contributed by atoms with Gasteiger partial charge in [0, 0.05) is 31.6 Å². The van der Waals surface area contributed by atoms with Crippen LogP contribution < -0.4 is 4.74 Å². The monoisotopic (exact) mass is 480 g/mol. The van der Waals surface area contributed by atoms with Crippen LogP contribution in [-0.4, -0.2) is 44.2 Å². The van der Waals surface area contributed by atoms with Crippen molar-refractivity contribution in [3.8, 4) is 11.8 Å². The molecule has 0 aromatic heterocycles. The third-order valence-corrected chi connectivity index (χ3v) is 6.36. The minimum absolute atomic E-state index is 0.000930. The molecule has 5 nitrogen and oxygen atoms in total. The number of nitriles is 1. The van der Waals surface area contributed by atoms with Crippen LogP contribution in [0.2, 0.25) is 0 Å². The molecule has 0 saturated carbocycles. The maximum absolute atomic E-state index is 15.9. The molecule has 0 atom stereocenters. The fourth-order valence-corrected chi connectivity index (χ4v) is 4.43. The average molecular weight is 480 g/mol. The second-order valence-corrected chi connectivity index (χ2v) is 8.46. The molecule has 0 aliphatic carbocycles. The van der Waals surface area contributed by atoms with Gasteiger partial charge in [-0.3, -0.25) is 4.79 Å². The molecule has 2 aromatic carbocycles. The molecule has 4 rings (SSSR count). The predicted octanol–water partition coefficient (Wildman–Crippen LogP) is 4.88. The van der Waals surface area contributed by atoms with Crippen LogP contribution >= 0.6 is 0 Å². The van der Waals surface area contributed by atoms with Crippen LogP contribution in [-0.2, 0) is 22.3 Å². The molecule has 2 aromatic rings. The molecule has 2 heterocycles. The second kappa shape index (κ2) is 8.55. The Hall–Kier alpha value is -3.19. The number of amides is 1. The lowest BCUT2D eigenvalue weighted by atomic mass is 9.82. The quantitative estimate of drug-likeness (QED) is 0.586. The van der Waals surface area contributed by atoms with Crippen molar-refractivity contribution in [3.05, 3.63) is 64.2 Å². The van der Waals surface area contributed by atoms with Crippen molar-refractivity contribution in [2.45, 2.75) is 30.4 Å². The van der Waals surface area contributed by atoms with Crippen molar-refractivity contribution in [1.82, 2.24) is 4.90 Å². The Kier molecular flexibility index (Phi) is 6.02. The number of alkyl halides is 5. The molecular weight excluding hydrogens is 459 g/mol. The first kappa shape index (κ1) is 24.0. The van der Waals surface area contributed by atoms with Crippen molar-refractivity contribution in [2.24, 2.45) is 0 Å². The fraction of sp³-hybridized carbons (Fsp3) is 0.417. The van der Waals surface area contributed by atoms with E-state index in [0.29, 0.717) is 0 Å². The first-order chi connectivity index (χ1) is 16.0. The maximum Gasteiger partial charge on any atom is 0.416 e. The van der Waals surface area contributed by atoms with Crippen molar-refractivity contribution in [1.29, 1.82) is 5.26 Å². The van der Waals surface area contributed by atoms with Crippen LogP contribution in [0.25, 0.3) is 0 Å². The third kappa shape index (κ3) is 4.09. The summed E-state index contributed by atoms with van der Waals surface area (Å²) < 4.78 is 80.2. The highest BCUT2D eigenvalue weighted by Crippen LogP contribution is 2.44. The van der Waals surface area contributed by atoms with Gasteiger partial charge in [-0.2, -0.15) is 18.4 Å². The Morgan fingerprint density at radius 1 is 1.06 bits per heavy atom. The summed E-state index contributed by atoms with van der Waals surface area (Å²) in [6, 6.07) is 8.33. The summed E-state index contributed by atoms with van der Waals surface area (Å²) in [7, 11) is 1.25. The molecule has 34 heavy (non-hydrogen) atoms. The highest BCUT2D eigenvalue weighted by molar-refractivity contribution is 6.00.